The molecular weight excluding hydrogens is 340 g/mol. The normalized spacial score (nSPS) is 14.2. The zero-order valence-electron chi connectivity index (χ0n) is 19.1. The Bertz CT molecular complexity index is 619. The van der Waals surface area contributed by atoms with Crippen molar-refractivity contribution in [3.63, 3.8) is 0 Å². The topological polar surface area (TPSA) is 44.8 Å². The van der Waals surface area contributed by atoms with Crippen molar-refractivity contribution in [2.45, 2.75) is 91.6 Å². The molecule has 0 aliphatic heterocycles. The van der Waals surface area contributed by atoms with Crippen molar-refractivity contribution in [3.05, 3.63) is 28.8 Å². The van der Waals surface area contributed by atoms with Gasteiger partial charge in [0.05, 0.1) is 0 Å². The van der Waals surface area contributed by atoms with Crippen LogP contribution in [0.25, 0.3) is 0 Å². The van der Waals surface area contributed by atoms with Gasteiger partial charge in [-0.25, -0.2) is 4.79 Å². The van der Waals surface area contributed by atoms with E-state index in [2.05, 4.69) is 74.4 Å². The van der Waals surface area contributed by atoms with Gasteiger partial charge in [0.15, 0.2) is 6.10 Å². The number of methoxy groups -OCH3 is 1. The Morgan fingerprint density at radius 3 is 1.67 bits per heavy atom. The molecule has 0 fully saturated rings. The number of hydrogen-bond acceptors (Lipinski definition) is 4. The van der Waals surface area contributed by atoms with Crippen molar-refractivity contribution in [2.75, 3.05) is 13.9 Å². The summed E-state index contributed by atoms with van der Waals surface area (Å²) in [6, 6.07) is 4.36. The zero-order valence-corrected chi connectivity index (χ0v) is 19.1. The van der Waals surface area contributed by atoms with Crippen LogP contribution in [0.2, 0.25) is 0 Å². The van der Waals surface area contributed by atoms with Crippen molar-refractivity contribution >= 4 is 5.97 Å². The number of hydrogen-bond donors (Lipinski definition) is 0. The Kier molecular flexibility index (Phi) is 7.29. The highest BCUT2D eigenvalue weighted by Crippen LogP contribution is 2.43. The standard InChI is InChI=1S/C23H38O4/c1-15(26-14-25-11)20(24)27-19-17(22(5,6)7)12-16(21(2,3)4)13-18(19)23(8,9)10/h12-13,15H,14H2,1-11H3/t15-/m1/s1. The summed E-state index contributed by atoms with van der Waals surface area (Å²) in [4.78, 5) is 12.7. The van der Waals surface area contributed by atoms with Gasteiger partial charge < -0.3 is 14.2 Å². The fourth-order valence-electron chi connectivity index (χ4n) is 2.71. The van der Waals surface area contributed by atoms with Gasteiger partial charge in [-0.15, -0.1) is 0 Å². The maximum Gasteiger partial charge on any atom is 0.340 e. The van der Waals surface area contributed by atoms with Crippen LogP contribution in [0, 0.1) is 0 Å². The van der Waals surface area contributed by atoms with E-state index >= 15 is 0 Å². The van der Waals surface area contributed by atoms with Gasteiger partial charge in [-0.2, -0.15) is 0 Å². The molecule has 0 aromatic heterocycles. The first-order chi connectivity index (χ1) is 12.1. The van der Waals surface area contributed by atoms with E-state index in [1.54, 1.807) is 6.92 Å². The maximum absolute atomic E-state index is 12.7. The number of rotatable bonds is 5. The molecule has 1 atom stereocenters. The first kappa shape index (κ1) is 23.6. The van der Waals surface area contributed by atoms with Gasteiger partial charge in [-0.1, -0.05) is 74.4 Å². The molecule has 0 N–H and O–H groups in total. The summed E-state index contributed by atoms with van der Waals surface area (Å²) in [5.41, 5.74) is 2.96. The van der Waals surface area contributed by atoms with Crippen molar-refractivity contribution in [1.29, 1.82) is 0 Å². The number of carbonyl (C=O) groups excluding carboxylic acids is 1. The third-order valence-electron chi connectivity index (χ3n) is 4.54. The van der Waals surface area contributed by atoms with Gasteiger partial charge in [-0.05, 0) is 28.7 Å². The third-order valence-corrected chi connectivity index (χ3v) is 4.54. The molecule has 1 rings (SSSR count). The van der Waals surface area contributed by atoms with Gasteiger partial charge >= 0.3 is 5.97 Å². The molecule has 0 unspecified atom stereocenters. The molecule has 1 aromatic rings. The van der Waals surface area contributed by atoms with E-state index in [9.17, 15) is 4.79 Å². The van der Waals surface area contributed by atoms with Gasteiger partial charge in [0.25, 0.3) is 0 Å². The van der Waals surface area contributed by atoms with E-state index in [4.69, 9.17) is 14.2 Å². The molecule has 1 aromatic carbocycles. The summed E-state index contributed by atoms with van der Waals surface area (Å²) in [7, 11) is 1.53. The average Bonchev–Trinajstić information content (AvgIpc) is 2.49. The lowest BCUT2D eigenvalue weighted by Gasteiger charge is -2.33. The van der Waals surface area contributed by atoms with Gasteiger partial charge in [0.1, 0.15) is 12.5 Å². The van der Waals surface area contributed by atoms with Crippen LogP contribution < -0.4 is 4.74 Å². The Hall–Kier alpha value is -1.39. The van der Waals surface area contributed by atoms with Crippen LogP contribution in [0.5, 0.6) is 5.75 Å². The molecule has 0 bridgehead atoms. The largest absolute Gasteiger partial charge is 0.424 e. The number of carbonyl (C=O) groups is 1. The second-order valence-corrected chi connectivity index (χ2v) is 10.3. The van der Waals surface area contributed by atoms with E-state index < -0.39 is 12.1 Å². The fourth-order valence-corrected chi connectivity index (χ4v) is 2.71. The van der Waals surface area contributed by atoms with Crippen LogP contribution in [0.3, 0.4) is 0 Å². The van der Waals surface area contributed by atoms with E-state index in [-0.39, 0.29) is 23.0 Å². The van der Waals surface area contributed by atoms with Gasteiger partial charge in [-0.3, -0.25) is 0 Å². The number of ether oxygens (including phenoxy) is 3. The molecule has 27 heavy (non-hydrogen) atoms. The smallest absolute Gasteiger partial charge is 0.340 e. The summed E-state index contributed by atoms with van der Waals surface area (Å²) in [5.74, 6) is 0.243. The SMILES string of the molecule is COCO[C@H](C)C(=O)Oc1c(C(C)(C)C)cc(C(C)(C)C)cc1C(C)(C)C. The Balaban J connectivity index is 3.58. The average molecular weight is 379 g/mol. The minimum absolute atomic E-state index is 0.00257. The predicted molar refractivity (Wildman–Crippen MR) is 111 cm³/mol. The first-order valence-electron chi connectivity index (χ1n) is 9.60. The van der Waals surface area contributed by atoms with Crippen LogP contribution in [0.1, 0.15) is 85.9 Å². The third kappa shape index (κ3) is 6.32. The molecule has 0 heterocycles. The minimum Gasteiger partial charge on any atom is -0.424 e. The Labute approximate surface area is 165 Å². The number of benzene rings is 1. The summed E-state index contributed by atoms with van der Waals surface area (Å²) >= 11 is 0. The monoisotopic (exact) mass is 378 g/mol. The lowest BCUT2D eigenvalue weighted by molar-refractivity contribution is -0.154. The number of esters is 1. The summed E-state index contributed by atoms with van der Waals surface area (Å²) < 4.78 is 16.2. The first-order valence-corrected chi connectivity index (χ1v) is 9.60. The van der Waals surface area contributed by atoms with Gasteiger partial charge in [0, 0.05) is 18.2 Å². The maximum atomic E-state index is 12.7. The molecular formula is C23H38O4. The predicted octanol–water partition coefficient (Wildman–Crippen LogP) is 5.49. The van der Waals surface area contributed by atoms with E-state index in [0.717, 1.165) is 11.1 Å². The summed E-state index contributed by atoms with van der Waals surface area (Å²) in [6.45, 7) is 21.2. The van der Waals surface area contributed by atoms with Crippen molar-refractivity contribution in [2.24, 2.45) is 0 Å². The van der Waals surface area contributed by atoms with Crippen molar-refractivity contribution in [3.8, 4) is 5.75 Å². The molecule has 0 aliphatic rings. The molecule has 4 heteroatoms. The quantitative estimate of drug-likeness (QED) is 0.386. The van der Waals surface area contributed by atoms with Crippen LogP contribution >= 0.6 is 0 Å². The zero-order chi connectivity index (χ0) is 21.2. The lowest BCUT2D eigenvalue weighted by Crippen LogP contribution is -2.30. The highest BCUT2D eigenvalue weighted by atomic mass is 16.7. The molecule has 154 valence electrons. The fraction of sp³-hybridized carbons (Fsp3) is 0.696. The minimum atomic E-state index is -0.701. The Morgan fingerprint density at radius 1 is 0.889 bits per heavy atom. The van der Waals surface area contributed by atoms with E-state index in [1.807, 2.05) is 0 Å². The summed E-state index contributed by atoms with van der Waals surface area (Å²) in [5, 5.41) is 0. The second-order valence-electron chi connectivity index (χ2n) is 10.3. The molecule has 4 nitrogen and oxygen atoms in total. The lowest BCUT2D eigenvalue weighted by atomic mass is 9.74. The molecule has 0 saturated heterocycles. The van der Waals surface area contributed by atoms with Crippen molar-refractivity contribution < 1.29 is 19.0 Å². The van der Waals surface area contributed by atoms with E-state index in [0.29, 0.717) is 5.75 Å². The van der Waals surface area contributed by atoms with Crippen LogP contribution in [-0.2, 0) is 30.5 Å². The second kappa shape index (κ2) is 8.32. The summed E-state index contributed by atoms with van der Waals surface area (Å²) in [6.07, 6.45) is -0.701. The molecule has 0 amide bonds. The van der Waals surface area contributed by atoms with Gasteiger partial charge in [0.2, 0.25) is 0 Å². The molecule has 0 aliphatic carbocycles. The highest BCUT2D eigenvalue weighted by Gasteiger charge is 2.32. The van der Waals surface area contributed by atoms with Crippen LogP contribution in [-0.4, -0.2) is 26.0 Å². The Morgan fingerprint density at radius 2 is 1.33 bits per heavy atom. The highest BCUT2D eigenvalue weighted by molar-refractivity contribution is 5.78. The molecule has 0 radical (unpaired) electrons. The van der Waals surface area contributed by atoms with Crippen molar-refractivity contribution in [1.82, 2.24) is 0 Å². The molecule has 0 spiro atoms. The molecule has 0 saturated carbocycles. The van der Waals surface area contributed by atoms with E-state index in [1.165, 1.54) is 12.7 Å². The van der Waals surface area contributed by atoms with Crippen LogP contribution in [0.15, 0.2) is 12.1 Å². The van der Waals surface area contributed by atoms with Crippen LogP contribution in [0.4, 0.5) is 0 Å².